The second kappa shape index (κ2) is 7.01. The lowest BCUT2D eigenvalue weighted by molar-refractivity contribution is -0.384. The van der Waals surface area contributed by atoms with Gasteiger partial charge >= 0.3 is 5.91 Å². The van der Waals surface area contributed by atoms with Crippen LogP contribution < -0.4 is 9.80 Å². The van der Waals surface area contributed by atoms with Gasteiger partial charge in [-0.1, -0.05) is 0 Å². The molecule has 2 aromatic carbocycles. The maximum absolute atomic E-state index is 13.1. The Labute approximate surface area is 159 Å². The minimum Gasteiger partial charge on any atom is -0.369 e. The van der Waals surface area contributed by atoms with Crippen molar-refractivity contribution >= 4 is 28.8 Å². The minimum atomic E-state index is -0.719. The average molecular weight is 384 g/mol. The van der Waals surface area contributed by atoms with Crippen LogP contribution in [0.5, 0.6) is 0 Å². The Balaban J connectivity index is 1.44. The predicted octanol–water partition coefficient (Wildman–Crippen LogP) is 2.04. The van der Waals surface area contributed by atoms with E-state index >= 15 is 0 Å². The summed E-state index contributed by atoms with van der Waals surface area (Å²) in [6.07, 6.45) is 0. The molecule has 4 rings (SSSR count). The number of piperazine rings is 1. The number of carbonyl (C=O) groups excluding carboxylic acids is 2. The van der Waals surface area contributed by atoms with Gasteiger partial charge in [0.2, 0.25) is 0 Å². The molecule has 0 aliphatic carbocycles. The number of nitro groups is 1. The summed E-state index contributed by atoms with van der Waals surface area (Å²) in [7, 11) is 0. The molecule has 144 valence electrons. The number of amides is 1. The average Bonchev–Trinajstić information content (AvgIpc) is 2.94. The van der Waals surface area contributed by atoms with E-state index in [0.717, 1.165) is 11.8 Å². The monoisotopic (exact) mass is 384 g/mol. The molecule has 0 atom stereocenters. The molecular weight excluding hydrogens is 367 g/mol. The molecule has 9 heteroatoms. The van der Waals surface area contributed by atoms with E-state index in [-0.39, 0.29) is 23.7 Å². The molecule has 1 saturated heterocycles. The highest BCUT2D eigenvalue weighted by Gasteiger charge is 2.38. The molecule has 0 unspecified atom stereocenters. The van der Waals surface area contributed by atoms with Crippen molar-refractivity contribution in [2.75, 3.05) is 42.6 Å². The van der Waals surface area contributed by atoms with Gasteiger partial charge in [0.15, 0.2) is 0 Å². The fourth-order valence-corrected chi connectivity index (χ4v) is 3.54. The zero-order valence-electron chi connectivity index (χ0n) is 14.9. The van der Waals surface area contributed by atoms with Crippen molar-refractivity contribution in [1.82, 2.24) is 4.90 Å². The summed E-state index contributed by atoms with van der Waals surface area (Å²) >= 11 is 0. The molecule has 0 aromatic heterocycles. The molecule has 0 N–H and O–H groups in total. The molecule has 8 nitrogen and oxygen atoms in total. The predicted molar refractivity (Wildman–Crippen MR) is 100.0 cm³/mol. The molecule has 0 spiro atoms. The summed E-state index contributed by atoms with van der Waals surface area (Å²) in [6.45, 7) is 2.98. The first-order valence-electron chi connectivity index (χ1n) is 8.81. The first kappa shape index (κ1) is 18.1. The van der Waals surface area contributed by atoms with Crippen molar-refractivity contribution in [3.05, 3.63) is 64.0 Å². The van der Waals surface area contributed by atoms with E-state index in [9.17, 15) is 24.1 Å². The number of hydrogen-bond acceptors (Lipinski definition) is 6. The highest BCUT2D eigenvalue weighted by molar-refractivity contribution is 6.52. The van der Waals surface area contributed by atoms with E-state index in [0.29, 0.717) is 31.9 Å². The lowest BCUT2D eigenvalue weighted by Crippen LogP contribution is -2.51. The van der Waals surface area contributed by atoms with Gasteiger partial charge in [0.1, 0.15) is 5.82 Å². The van der Waals surface area contributed by atoms with Crippen LogP contribution in [0.15, 0.2) is 42.5 Å². The van der Waals surface area contributed by atoms with E-state index in [4.69, 9.17) is 0 Å². The number of benzene rings is 2. The number of rotatable bonds is 4. The standard InChI is InChI=1S/C19H17FN4O4/c20-13-1-3-14(4-2-13)22-9-7-21(8-10-22)12-23-17-6-5-15(24(27)28)11-16(17)18(25)19(23)26/h1-6,11H,7-10,12H2. The van der Waals surface area contributed by atoms with Crippen molar-refractivity contribution in [2.24, 2.45) is 0 Å². The van der Waals surface area contributed by atoms with E-state index in [1.54, 1.807) is 12.1 Å². The highest BCUT2D eigenvalue weighted by atomic mass is 19.1. The van der Waals surface area contributed by atoms with Gasteiger partial charge in [-0.3, -0.25) is 29.5 Å². The third-order valence-electron chi connectivity index (χ3n) is 5.07. The summed E-state index contributed by atoms with van der Waals surface area (Å²) in [5.74, 6) is -1.67. The number of halogens is 1. The number of carbonyl (C=O) groups is 2. The second-order valence-electron chi connectivity index (χ2n) is 6.74. The number of anilines is 2. The molecule has 2 aromatic rings. The number of nitro benzene ring substituents is 1. The fourth-order valence-electron chi connectivity index (χ4n) is 3.54. The van der Waals surface area contributed by atoms with Gasteiger partial charge in [-0.25, -0.2) is 4.39 Å². The van der Waals surface area contributed by atoms with E-state index in [2.05, 4.69) is 4.90 Å². The Hall–Kier alpha value is -3.33. The fraction of sp³-hybridized carbons (Fsp3) is 0.263. The van der Waals surface area contributed by atoms with E-state index in [1.165, 1.54) is 29.2 Å². The Kier molecular flexibility index (Phi) is 4.52. The molecular formula is C19H17FN4O4. The van der Waals surface area contributed by atoms with Crippen molar-refractivity contribution in [3.8, 4) is 0 Å². The van der Waals surface area contributed by atoms with Crippen LogP contribution in [0.1, 0.15) is 10.4 Å². The van der Waals surface area contributed by atoms with Crippen LogP contribution in [-0.2, 0) is 4.79 Å². The van der Waals surface area contributed by atoms with Crippen LogP contribution >= 0.6 is 0 Å². The summed E-state index contributed by atoms with van der Waals surface area (Å²) < 4.78 is 13.1. The van der Waals surface area contributed by atoms with Crippen LogP contribution in [0.3, 0.4) is 0 Å². The molecule has 2 aliphatic rings. The van der Waals surface area contributed by atoms with Gasteiger partial charge in [-0.2, -0.15) is 0 Å². The van der Waals surface area contributed by atoms with Crippen molar-refractivity contribution in [3.63, 3.8) is 0 Å². The molecule has 0 radical (unpaired) electrons. The van der Waals surface area contributed by atoms with E-state index in [1.807, 2.05) is 4.90 Å². The summed E-state index contributed by atoms with van der Waals surface area (Å²) in [5.41, 5.74) is 1.20. The van der Waals surface area contributed by atoms with Gasteiger partial charge in [-0.15, -0.1) is 0 Å². The van der Waals surface area contributed by atoms with Crippen molar-refractivity contribution in [1.29, 1.82) is 0 Å². The third-order valence-corrected chi connectivity index (χ3v) is 5.07. The molecule has 1 amide bonds. The Morgan fingerprint density at radius 3 is 2.32 bits per heavy atom. The first-order valence-corrected chi connectivity index (χ1v) is 8.81. The highest BCUT2D eigenvalue weighted by Crippen LogP contribution is 2.32. The quantitative estimate of drug-likeness (QED) is 0.456. The van der Waals surface area contributed by atoms with Crippen LogP contribution in [0.4, 0.5) is 21.5 Å². The first-order chi connectivity index (χ1) is 13.4. The van der Waals surface area contributed by atoms with Crippen molar-refractivity contribution < 1.29 is 18.9 Å². The largest absolute Gasteiger partial charge is 0.369 e. The van der Waals surface area contributed by atoms with Gasteiger partial charge in [0.05, 0.1) is 22.8 Å². The zero-order chi connectivity index (χ0) is 19.8. The Bertz CT molecular complexity index is 955. The van der Waals surface area contributed by atoms with Crippen LogP contribution in [0, 0.1) is 15.9 Å². The number of Topliss-reactive ketones (excluding diaryl/α,β-unsaturated/α-hetero) is 1. The maximum Gasteiger partial charge on any atom is 0.300 e. The van der Waals surface area contributed by atoms with Gasteiger partial charge < -0.3 is 4.90 Å². The lowest BCUT2D eigenvalue weighted by atomic mass is 10.1. The summed E-state index contributed by atoms with van der Waals surface area (Å²) in [6, 6.07) is 10.2. The van der Waals surface area contributed by atoms with Crippen molar-refractivity contribution in [2.45, 2.75) is 0 Å². The number of ketones is 1. The molecule has 1 fully saturated rings. The zero-order valence-corrected chi connectivity index (χ0v) is 14.9. The molecule has 28 heavy (non-hydrogen) atoms. The molecule has 0 saturated carbocycles. The maximum atomic E-state index is 13.1. The number of nitrogens with zero attached hydrogens (tertiary/aromatic N) is 4. The Morgan fingerprint density at radius 1 is 1.00 bits per heavy atom. The summed E-state index contributed by atoms with van der Waals surface area (Å²) in [5, 5.41) is 10.9. The van der Waals surface area contributed by atoms with Gasteiger partial charge in [0.25, 0.3) is 11.5 Å². The minimum absolute atomic E-state index is 0.0733. The molecule has 0 bridgehead atoms. The van der Waals surface area contributed by atoms with Crippen LogP contribution in [-0.4, -0.2) is 54.4 Å². The smallest absolute Gasteiger partial charge is 0.300 e. The molecule has 2 aliphatic heterocycles. The molecule has 2 heterocycles. The second-order valence-corrected chi connectivity index (χ2v) is 6.74. The normalized spacial score (nSPS) is 17.2. The van der Waals surface area contributed by atoms with E-state index < -0.39 is 16.6 Å². The SMILES string of the molecule is O=C1C(=O)N(CN2CCN(c3ccc(F)cc3)CC2)c2ccc([N+](=O)[O-])cc21. The van der Waals surface area contributed by atoms with Crippen LogP contribution in [0.25, 0.3) is 0 Å². The van der Waals surface area contributed by atoms with Gasteiger partial charge in [-0.05, 0) is 30.3 Å². The lowest BCUT2D eigenvalue weighted by Gasteiger charge is -2.37. The number of hydrogen-bond donors (Lipinski definition) is 0. The van der Waals surface area contributed by atoms with Crippen LogP contribution in [0.2, 0.25) is 0 Å². The third kappa shape index (κ3) is 3.20. The number of fused-ring (bicyclic) bond motifs is 1. The topological polar surface area (TPSA) is 87.0 Å². The van der Waals surface area contributed by atoms with Gasteiger partial charge in [0, 0.05) is 44.0 Å². The summed E-state index contributed by atoms with van der Waals surface area (Å²) in [4.78, 5) is 40.5. The Morgan fingerprint density at radius 2 is 1.68 bits per heavy atom. The number of non-ortho nitro benzene ring substituents is 1.